The van der Waals surface area contributed by atoms with E-state index in [9.17, 15) is 0 Å². The molecule has 1 saturated carbocycles. The van der Waals surface area contributed by atoms with Gasteiger partial charge in [0.1, 0.15) is 0 Å². The minimum absolute atomic E-state index is 0.451. The fraction of sp³-hybridized carbons (Fsp3) is 0.667. The third-order valence-corrected chi connectivity index (χ3v) is 2.87. The standard InChI is InChI=1S/C9H14N2OS/c1-2-12-8-5-7(6-8)11-4-3-10-9(11)13/h3-4,7-8H,2,5-6H2,1H3,(H,10,13). The van der Waals surface area contributed by atoms with E-state index in [-0.39, 0.29) is 0 Å². The Morgan fingerprint density at radius 3 is 3.00 bits per heavy atom. The van der Waals surface area contributed by atoms with Gasteiger partial charge in [0.15, 0.2) is 4.77 Å². The molecule has 0 aliphatic heterocycles. The van der Waals surface area contributed by atoms with Gasteiger partial charge in [-0.25, -0.2) is 0 Å². The number of hydrogen-bond donors (Lipinski definition) is 1. The fourth-order valence-electron chi connectivity index (χ4n) is 1.76. The molecule has 72 valence electrons. The average Bonchev–Trinajstić information content (AvgIpc) is 2.43. The molecule has 0 atom stereocenters. The Hall–Kier alpha value is -0.610. The highest BCUT2D eigenvalue weighted by atomic mass is 32.1. The van der Waals surface area contributed by atoms with E-state index in [1.54, 1.807) is 0 Å². The van der Waals surface area contributed by atoms with Crippen molar-refractivity contribution in [1.29, 1.82) is 0 Å². The van der Waals surface area contributed by atoms with Crippen molar-refractivity contribution in [2.45, 2.75) is 31.9 Å². The Kier molecular flexibility index (Phi) is 2.51. The van der Waals surface area contributed by atoms with Crippen molar-refractivity contribution < 1.29 is 4.74 Å². The molecule has 1 heterocycles. The second kappa shape index (κ2) is 3.64. The van der Waals surface area contributed by atoms with Gasteiger partial charge in [0.05, 0.1) is 6.10 Å². The topological polar surface area (TPSA) is 29.9 Å². The molecule has 13 heavy (non-hydrogen) atoms. The first-order chi connectivity index (χ1) is 6.31. The summed E-state index contributed by atoms with van der Waals surface area (Å²) in [6, 6.07) is 0.551. The molecule has 0 amide bonds. The van der Waals surface area contributed by atoms with Crippen molar-refractivity contribution in [1.82, 2.24) is 9.55 Å². The van der Waals surface area contributed by atoms with Crippen molar-refractivity contribution in [3.8, 4) is 0 Å². The van der Waals surface area contributed by atoms with Gasteiger partial charge in [-0.15, -0.1) is 0 Å². The number of nitrogens with one attached hydrogen (secondary N) is 1. The lowest BCUT2D eigenvalue weighted by molar-refractivity contribution is -0.0200. The number of aromatic nitrogens is 2. The Morgan fingerprint density at radius 2 is 2.46 bits per heavy atom. The van der Waals surface area contributed by atoms with Gasteiger partial charge < -0.3 is 14.3 Å². The zero-order valence-corrected chi connectivity index (χ0v) is 8.51. The Morgan fingerprint density at radius 1 is 1.69 bits per heavy atom. The molecule has 0 saturated heterocycles. The summed E-state index contributed by atoms with van der Waals surface area (Å²) in [7, 11) is 0. The van der Waals surface area contributed by atoms with Gasteiger partial charge in [0.25, 0.3) is 0 Å². The van der Waals surface area contributed by atoms with E-state index >= 15 is 0 Å². The van der Waals surface area contributed by atoms with E-state index in [1.165, 1.54) is 0 Å². The van der Waals surface area contributed by atoms with Crippen LogP contribution in [0.1, 0.15) is 25.8 Å². The van der Waals surface area contributed by atoms with Crippen LogP contribution >= 0.6 is 12.2 Å². The van der Waals surface area contributed by atoms with Gasteiger partial charge >= 0.3 is 0 Å². The van der Waals surface area contributed by atoms with Crippen LogP contribution in [0.15, 0.2) is 12.4 Å². The number of imidazole rings is 1. The lowest BCUT2D eigenvalue weighted by Gasteiger charge is -2.35. The second-order valence-electron chi connectivity index (χ2n) is 3.38. The third-order valence-electron chi connectivity index (χ3n) is 2.54. The van der Waals surface area contributed by atoms with E-state index in [4.69, 9.17) is 17.0 Å². The second-order valence-corrected chi connectivity index (χ2v) is 3.76. The van der Waals surface area contributed by atoms with E-state index in [0.717, 1.165) is 24.2 Å². The Labute approximate surface area is 82.7 Å². The van der Waals surface area contributed by atoms with Crippen molar-refractivity contribution >= 4 is 12.2 Å². The summed E-state index contributed by atoms with van der Waals surface area (Å²) in [4.78, 5) is 3.00. The summed E-state index contributed by atoms with van der Waals surface area (Å²) in [5.74, 6) is 0. The van der Waals surface area contributed by atoms with Crippen LogP contribution in [0.4, 0.5) is 0 Å². The first kappa shape index (κ1) is 8.97. The normalized spacial score (nSPS) is 27.2. The summed E-state index contributed by atoms with van der Waals surface area (Å²) >= 11 is 5.13. The van der Waals surface area contributed by atoms with E-state index in [2.05, 4.69) is 9.55 Å². The van der Waals surface area contributed by atoms with Crippen LogP contribution in [0.2, 0.25) is 0 Å². The average molecular weight is 198 g/mol. The van der Waals surface area contributed by atoms with Crippen LogP contribution in [0.3, 0.4) is 0 Å². The van der Waals surface area contributed by atoms with E-state index < -0.39 is 0 Å². The van der Waals surface area contributed by atoms with Gasteiger partial charge in [0, 0.05) is 25.0 Å². The first-order valence-corrected chi connectivity index (χ1v) is 5.09. The van der Waals surface area contributed by atoms with E-state index in [0.29, 0.717) is 12.1 Å². The lowest BCUT2D eigenvalue weighted by Crippen LogP contribution is -2.33. The molecule has 0 unspecified atom stereocenters. The summed E-state index contributed by atoms with van der Waals surface area (Å²) in [6.45, 7) is 2.85. The van der Waals surface area contributed by atoms with Crippen LogP contribution in [-0.2, 0) is 4.74 Å². The van der Waals surface area contributed by atoms with E-state index in [1.807, 2.05) is 19.3 Å². The molecule has 1 aromatic heterocycles. The minimum atomic E-state index is 0.451. The zero-order chi connectivity index (χ0) is 9.26. The maximum absolute atomic E-state index is 5.49. The number of aromatic amines is 1. The maximum Gasteiger partial charge on any atom is 0.177 e. The van der Waals surface area contributed by atoms with Crippen molar-refractivity contribution in [3.05, 3.63) is 17.2 Å². The van der Waals surface area contributed by atoms with Crippen LogP contribution in [0.25, 0.3) is 0 Å². The SMILES string of the molecule is CCOC1CC(n2cc[nH]c2=S)C1. The number of rotatable bonds is 3. The molecule has 0 bridgehead atoms. The van der Waals surface area contributed by atoms with Crippen LogP contribution in [0, 0.1) is 4.77 Å². The van der Waals surface area contributed by atoms with Gasteiger partial charge in [-0.1, -0.05) is 0 Å². The Balaban J connectivity index is 1.94. The van der Waals surface area contributed by atoms with Crippen LogP contribution in [-0.4, -0.2) is 22.3 Å². The molecule has 1 N–H and O–H groups in total. The molecule has 0 radical (unpaired) electrons. The molecule has 2 rings (SSSR count). The molecule has 0 aromatic carbocycles. The summed E-state index contributed by atoms with van der Waals surface area (Å²) in [5, 5.41) is 0. The third kappa shape index (κ3) is 1.69. The maximum atomic E-state index is 5.49. The highest BCUT2D eigenvalue weighted by Gasteiger charge is 2.30. The lowest BCUT2D eigenvalue weighted by atomic mass is 9.89. The number of ether oxygens (including phenoxy) is 1. The summed E-state index contributed by atoms with van der Waals surface area (Å²) in [6.07, 6.45) is 6.54. The van der Waals surface area contributed by atoms with Crippen molar-refractivity contribution in [3.63, 3.8) is 0 Å². The number of hydrogen-bond acceptors (Lipinski definition) is 2. The van der Waals surface area contributed by atoms with Crippen LogP contribution < -0.4 is 0 Å². The summed E-state index contributed by atoms with van der Waals surface area (Å²) < 4.78 is 8.42. The smallest absolute Gasteiger partial charge is 0.177 e. The van der Waals surface area contributed by atoms with Gasteiger partial charge in [-0.3, -0.25) is 0 Å². The van der Waals surface area contributed by atoms with Crippen molar-refractivity contribution in [2.24, 2.45) is 0 Å². The molecular weight excluding hydrogens is 184 g/mol. The predicted octanol–water partition coefficient (Wildman–Crippen LogP) is 2.29. The fourth-order valence-corrected chi connectivity index (χ4v) is 2.03. The van der Waals surface area contributed by atoms with Crippen LogP contribution in [0.5, 0.6) is 0 Å². The first-order valence-electron chi connectivity index (χ1n) is 4.68. The predicted molar refractivity (Wildman–Crippen MR) is 53.3 cm³/mol. The highest BCUT2D eigenvalue weighted by Crippen LogP contribution is 2.34. The van der Waals surface area contributed by atoms with Gasteiger partial charge in [-0.05, 0) is 32.0 Å². The monoisotopic (exact) mass is 198 g/mol. The molecule has 1 fully saturated rings. The molecule has 4 heteroatoms. The van der Waals surface area contributed by atoms with Gasteiger partial charge in [0.2, 0.25) is 0 Å². The van der Waals surface area contributed by atoms with Gasteiger partial charge in [-0.2, -0.15) is 0 Å². The highest BCUT2D eigenvalue weighted by molar-refractivity contribution is 7.71. The number of nitrogens with zero attached hydrogens (tertiary/aromatic N) is 1. The largest absolute Gasteiger partial charge is 0.378 e. The molecule has 0 spiro atoms. The number of H-pyrrole nitrogens is 1. The Bertz CT molecular complexity index is 324. The summed E-state index contributed by atoms with van der Waals surface area (Å²) in [5.41, 5.74) is 0. The molecule has 1 aromatic rings. The molecule has 1 aliphatic carbocycles. The quantitative estimate of drug-likeness (QED) is 0.755. The minimum Gasteiger partial charge on any atom is -0.378 e. The molecule has 3 nitrogen and oxygen atoms in total. The molecule has 1 aliphatic rings. The zero-order valence-electron chi connectivity index (χ0n) is 7.69. The van der Waals surface area contributed by atoms with Crippen molar-refractivity contribution in [2.75, 3.05) is 6.61 Å². The molecular formula is C9H14N2OS.